The van der Waals surface area contributed by atoms with Crippen molar-refractivity contribution in [2.75, 3.05) is 19.3 Å². The average molecular weight is 323 g/mol. The highest BCUT2D eigenvalue weighted by Gasteiger charge is 2.50. The number of anilines is 1. The Kier molecular flexibility index (Phi) is 4.76. The van der Waals surface area contributed by atoms with Crippen LogP contribution in [0.4, 0.5) is 23.4 Å². The van der Waals surface area contributed by atoms with Gasteiger partial charge in [0.2, 0.25) is 6.93 Å². The van der Waals surface area contributed by atoms with Gasteiger partial charge in [-0.15, -0.1) is 0 Å². The Hall–Kier alpha value is -2.01. The Morgan fingerprint density at radius 3 is 2.64 bits per heavy atom. The van der Waals surface area contributed by atoms with Crippen LogP contribution in [-0.4, -0.2) is 50.2 Å². The lowest BCUT2D eigenvalue weighted by molar-refractivity contribution is -0.101. The Morgan fingerprint density at radius 1 is 1.36 bits per heavy atom. The molecule has 122 valence electrons. The molecule has 3 rings (SSSR count). The highest BCUT2D eigenvalue weighted by atomic mass is 19.3. The zero-order valence-electron chi connectivity index (χ0n) is 11.2. The first kappa shape index (κ1) is 16.4. The van der Waals surface area contributed by atoms with E-state index in [9.17, 15) is 17.6 Å². The quantitative estimate of drug-likeness (QED) is 0.806. The topological polar surface area (TPSA) is 99.1 Å². The van der Waals surface area contributed by atoms with E-state index < -0.39 is 38.2 Å². The molecule has 2 aromatic heterocycles. The number of alkyl halides is 4. The minimum Gasteiger partial charge on any atom is -0.393 e. The van der Waals surface area contributed by atoms with Crippen molar-refractivity contribution in [1.82, 2.24) is 19.5 Å². The van der Waals surface area contributed by atoms with E-state index in [0.717, 1.165) is 0 Å². The van der Waals surface area contributed by atoms with E-state index in [-0.39, 0.29) is 5.82 Å². The number of halogens is 4. The molecule has 2 aromatic rings. The second-order valence-electron chi connectivity index (χ2n) is 4.41. The van der Waals surface area contributed by atoms with Gasteiger partial charge in [0.25, 0.3) is 5.92 Å². The maximum atomic E-state index is 13.6. The molecule has 1 aliphatic heterocycles. The van der Waals surface area contributed by atoms with Crippen LogP contribution < -0.4 is 5.73 Å². The Morgan fingerprint density at radius 2 is 2.05 bits per heavy atom. The predicted octanol–water partition coefficient (Wildman–Crippen LogP) is 1.21. The molecule has 0 radical (unpaired) electrons. The van der Waals surface area contributed by atoms with Crippen LogP contribution in [0.15, 0.2) is 12.7 Å². The molecular formula is C11H13F4N5O2. The first-order valence-electron chi connectivity index (χ1n) is 6.13. The molecule has 1 saturated heterocycles. The molecule has 2 atom stereocenters. The summed E-state index contributed by atoms with van der Waals surface area (Å²) in [5.74, 6) is -2.92. The maximum Gasteiger partial charge on any atom is 0.280 e. The van der Waals surface area contributed by atoms with Crippen molar-refractivity contribution >= 4 is 17.0 Å². The standard InChI is InChI=1S/C10H11F2N5O2.CH2F2/c11-10(12)1-6(19-5(10)2-18)17-4-16-7-8(13)14-3-15-9(7)17;2-1-3/h3-6,18H,1-2H2,(H2,13,14,15);1H2. The van der Waals surface area contributed by atoms with Crippen LogP contribution in [0.25, 0.3) is 11.2 Å². The molecule has 1 fully saturated rings. The fourth-order valence-corrected chi connectivity index (χ4v) is 2.12. The second kappa shape index (κ2) is 6.40. The molecule has 0 aliphatic carbocycles. The summed E-state index contributed by atoms with van der Waals surface area (Å²) in [6.07, 6.45) is -0.448. The van der Waals surface area contributed by atoms with Crippen LogP contribution in [-0.2, 0) is 4.74 Å². The van der Waals surface area contributed by atoms with Crippen molar-refractivity contribution in [1.29, 1.82) is 0 Å². The van der Waals surface area contributed by atoms with Crippen molar-refractivity contribution in [2.24, 2.45) is 0 Å². The van der Waals surface area contributed by atoms with E-state index in [1.807, 2.05) is 0 Å². The molecule has 0 aromatic carbocycles. The van der Waals surface area contributed by atoms with Crippen LogP contribution in [0.3, 0.4) is 0 Å². The van der Waals surface area contributed by atoms with Gasteiger partial charge in [0, 0.05) is 0 Å². The average Bonchev–Trinajstić information content (AvgIpc) is 3.01. The molecule has 2 unspecified atom stereocenters. The lowest BCUT2D eigenvalue weighted by atomic mass is 10.2. The van der Waals surface area contributed by atoms with Gasteiger partial charge in [-0.2, -0.15) is 0 Å². The highest BCUT2D eigenvalue weighted by molar-refractivity contribution is 5.81. The van der Waals surface area contributed by atoms with E-state index in [2.05, 4.69) is 15.0 Å². The molecule has 3 heterocycles. The summed E-state index contributed by atoms with van der Waals surface area (Å²) < 4.78 is 52.9. The summed E-state index contributed by atoms with van der Waals surface area (Å²) in [6, 6.07) is 0. The molecular weight excluding hydrogens is 310 g/mol. The number of imidazole rings is 1. The van der Waals surface area contributed by atoms with E-state index >= 15 is 0 Å². The number of ether oxygens (including phenoxy) is 1. The lowest BCUT2D eigenvalue weighted by Gasteiger charge is -2.14. The molecule has 7 nitrogen and oxygen atoms in total. The summed E-state index contributed by atoms with van der Waals surface area (Å²) in [5, 5.41) is 8.90. The van der Waals surface area contributed by atoms with Crippen molar-refractivity contribution in [3.8, 4) is 0 Å². The SMILES string of the molecule is FCF.Nc1ncnc2c1ncn2C1CC(F)(F)C(CO)O1. The van der Waals surface area contributed by atoms with Gasteiger partial charge in [-0.25, -0.2) is 32.5 Å². The van der Waals surface area contributed by atoms with Gasteiger partial charge in [-0.1, -0.05) is 0 Å². The number of hydrogen-bond acceptors (Lipinski definition) is 6. The number of nitrogen functional groups attached to an aromatic ring is 1. The Balaban J connectivity index is 0.000000545. The van der Waals surface area contributed by atoms with Crippen molar-refractivity contribution in [3.63, 3.8) is 0 Å². The number of hydrogen-bond donors (Lipinski definition) is 2. The number of nitrogens with two attached hydrogens (primary N) is 1. The Labute approximate surface area is 121 Å². The van der Waals surface area contributed by atoms with Gasteiger partial charge in [0.1, 0.15) is 24.2 Å². The molecule has 11 heteroatoms. The van der Waals surface area contributed by atoms with Gasteiger partial charge < -0.3 is 15.6 Å². The third-order valence-electron chi connectivity index (χ3n) is 3.10. The highest BCUT2D eigenvalue weighted by Crippen LogP contribution is 2.41. The summed E-state index contributed by atoms with van der Waals surface area (Å²) in [4.78, 5) is 11.7. The molecule has 22 heavy (non-hydrogen) atoms. The van der Waals surface area contributed by atoms with Crippen molar-refractivity contribution in [2.45, 2.75) is 24.7 Å². The molecule has 0 spiro atoms. The van der Waals surface area contributed by atoms with Gasteiger partial charge in [-0.3, -0.25) is 4.57 Å². The van der Waals surface area contributed by atoms with E-state index in [1.165, 1.54) is 17.2 Å². The minimum atomic E-state index is -3.09. The first-order chi connectivity index (χ1) is 10.4. The number of aliphatic hydroxyl groups is 1. The fraction of sp³-hybridized carbons (Fsp3) is 0.545. The van der Waals surface area contributed by atoms with Crippen LogP contribution in [0, 0.1) is 0 Å². The van der Waals surface area contributed by atoms with Gasteiger partial charge >= 0.3 is 0 Å². The molecule has 0 saturated carbocycles. The molecule has 0 amide bonds. The molecule has 0 bridgehead atoms. The van der Waals surface area contributed by atoms with Crippen LogP contribution in [0.5, 0.6) is 0 Å². The largest absolute Gasteiger partial charge is 0.393 e. The number of aromatic nitrogens is 4. The number of fused-ring (bicyclic) bond motifs is 1. The Bertz CT molecular complexity index is 638. The van der Waals surface area contributed by atoms with Gasteiger partial charge in [-0.05, 0) is 0 Å². The zero-order chi connectivity index (χ0) is 16.3. The fourth-order valence-electron chi connectivity index (χ4n) is 2.12. The van der Waals surface area contributed by atoms with Gasteiger partial charge in [0.05, 0.1) is 19.4 Å². The second-order valence-corrected chi connectivity index (χ2v) is 4.41. The third-order valence-corrected chi connectivity index (χ3v) is 3.10. The third kappa shape index (κ3) is 2.95. The lowest BCUT2D eigenvalue weighted by Crippen LogP contribution is -2.31. The van der Waals surface area contributed by atoms with Crippen LogP contribution >= 0.6 is 0 Å². The first-order valence-corrected chi connectivity index (χ1v) is 6.13. The normalized spacial score (nSPS) is 23.3. The number of aliphatic hydroxyl groups excluding tert-OH is 1. The minimum absolute atomic E-state index is 0.173. The van der Waals surface area contributed by atoms with E-state index in [4.69, 9.17) is 15.6 Å². The monoisotopic (exact) mass is 323 g/mol. The predicted molar refractivity (Wildman–Crippen MR) is 67.4 cm³/mol. The van der Waals surface area contributed by atoms with Gasteiger partial charge in [0.15, 0.2) is 11.5 Å². The van der Waals surface area contributed by atoms with Crippen molar-refractivity contribution in [3.05, 3.63) is 12.7 Å². The summed E-state index contributed by atoms with van der Waals surface area (Å²) >= 11 is 0. The van der Waals surface area contributed by atoms with Crippen molar-refractivity contribution < 1.29 is 27.4 Å². The van der Waals surface area contributed by atoms with E-state index in [1.54, 1.807) is 0 Å². The van der Waals surface area contributed by atoms with E-state index in [0.29, 0.717) is 11.2 Å². The smallest absolute Gasteiger partial charge is 0.280 e. The summed E-state index contributed by atoms with van der Waals surface area (Å²) in [6.45, 7) is -2.49. The number of nitrogens with zero attached hydrogens (tertiary/aromatic N) is 4. The maximum absolute atomic E-state index is 13.6. The zero-order valence-corrected chi connectivity index (χ0v) is 11.2. The van der Waals surface area contributed by atoms with Crippen LogP contribution in [0.2, 0.25) is 0 Å². The molecule has 1 aliphatic rings. The summed E-state index contributed by atoms with van der Waals surface area (Å²) in [7, 11) is 0. The molecule has 3 N–H and O–H groups in total. The summed E-state index contributed by atoms with van der Waals surface area (Å²) in [5.41, 5.74) is 6.28. The number of rotatable bonds is 2. The van der Waals surface area contributed by atoms with Crippen LogP contribution in [0.1, 0.15) is 12.6 Å².